The van der Waals surface area contributed by atoms with Gasteiger partial charge in [0, 0.05) is 32.1 Å². The van der Waals surface area contributed by atoms with Crippen LogP contribution in [0.5, 0.6) is 0 Å². The van der Waals surface area contributed by atoms with Crippen molar-refractivity contribution in [1.29, 1.82) is 0 Å². The Morgan fingerprint density at radius 3 is 3.00 bits per heavy atom. The van der Waals surface area contributed by atoms with Crippen molar-refractivity contribution in [2.75, 3.05) is 6.54 Å². The van der Waals surface area contributed by atoms with Gasteiger partial charge in [-0.2, -0.15) is 4.98 Å². The second kappa shape index (κ2) is 5.35. The van der Waals surface area contributed by atoms with Gasteiger partial charge in [-0.3, -0.25) is 4.79 Å². The van der Waals surface area contributed by atoms with Crippen molar-refractivity contribution in [2.24, 2.45) is 0 Å². The van der Waals surface area contributed by atoms with Crippen molar-refractivity contribution in [3.63, 3.8) is 0 Å². The molecule has 0 aliphatic carbocycles. The van der Waals surface area contributed by atoms with E-state index in [1.54, 1.807) is 30.3 Å². The highest BCUT2D eigenvalue weighted by atomic mass is 16.5. The molecular weight excluding hydrogens is 270 g/mol. The third-order valence-electron chi connectivity index (χ3n) is 3.21. The van der Waals surface area contributed by atoms with E-state index in [4.69, 9.17) is 4.52 Å². The van der Waals surface area contributed by atoms with Crippen molar-refractivity contribution in [1.82, 2.24) is 24.4 Å². The van der Waals surface area contributed by atoms with Crippen LogP contribution in [0.3, 0.4) is 0 Å². The van der Waals surface area contributed by atoms with Crippen LogP contribution < -0.4 is 0 Å². The van der Waals surface area contributed by atoms with Crippen LogP contribution in [0, 0.1) is 6.92 Å². The van der Waals surface area contributed by atoms with E-state index >= 15 is 0 Å². The van der Waals surface area contributed by atoms with Crippen LogP contribution >= 0.6 is 0 Å². The third-order valence-corrected chi connectivity index (χ3v) is 3.21. The SMILES string of the molecule is CCN(Cc1noc(C)n1)C(=O)c1ccc2nccn2c1. The van der Waals surface area contributed by atoms with E-state index < -0.39 is 0 Å². The lowest BCUT2D eigenvalue weighted by Crippen LogP contribution is -2.30. The number of nitrogens with zero attached hydrogens (tertiary/aromatic N) is 5. The number of hydrogen-bond donors (Lipinski definition) is 0. The molecule has 0 fully saturated rings. The predicted molar refractivity (Wildman–Crippen MR) is 74.6 cm³/mol. The molecule has 0 atom stereocenters. The molecule has 0 aliphatic rings. The van der Waals surface area contributed by atoms with Gasteiger partial charge < -0.3 is 13.8 Å². The van der Waals surface area contributed by atoms with Gasteiger partial charge in [-0.15, -0.1) is 0 Å². The number of rotatable bonds is 4. The van der Waals surface area contributed by atoms with Gasteiger partial charge in [-0.1, -0.05) is 5.16 Å². The summed E-state index contributed by atoms with van der Waals surface area (Å²) in [7, 11) is 0. The Labute approximate surface area is 121 Å². The van der Waals surface area contributed by atoms with Gasteiger partial charge in [0.2, 0.25) is 5.89 Å². The maximum Gasteiger partial charge on any atom is 0.255 e. The second-order valence-electron chi connectivity index (χ2n) is 4.66. The summed E-state index contributed by atoms with van der Waals surface area (Å²) in [6.07, 6.45) is 5.28. The molecule has 0 aromatic carbocycles. The minimum atomic E-state index is -0.0736. The quantitative estimate of drug-likeness (QED) is 0.729. The first-order chi connectivity index (χ1) is 10.2. The fourth-order valence-electron chi connectivity index (χ4n) is 2.13. The van der Waals surface area contributed by atoms with Gasteiger partial charge in [0.05, 0.1) is 12.1 Å². The molecule has 21 heavy (non-hydrogen) atoms. The topological polar surface area (TPSA) is 76.5 Å². The first kappa shape index (κ1) is 13.3. The molecule has 3 aromatic rings. The van der Waals surface area contributed by atoms with E-state index in [0.29, 0.717) is 30.4 Å². The summed E-state index contributed by atoms with van der Waals surface area (Å²) >= 11 is 0. The summed E-state index contributed by atoms with van der Waals surface area (Å²) in [5, 5.41) is 3.83. The van der Waals surface area contributed by atoms with Crippen LogP contribution in [0.2, 0.25) is 0 Å². The number of fused-ring (bicyclic) bond motifs is 1. The molecule has 1 amide bonds. The molecule has 0 aliphatic heterocycles. The molecule has 7 nitrogen and oxygen atoms in total. The summed E-state index contributed by atoms with van der Waals surface area (Å²) in [5.41, 5.74) is 1.41. The van der Waals surface area contributed by atoms with E-state index in [0.717, 1.165) is 5.65 Å². The van der Waals surface area contributed by atoms with Crippen molar-refractivity contribution in [3.05, 3.63) is 48.0 Å². The van der Waals surface area contributed by atoms with Crippen LogP contribution in [0.4, 0.5) is 0 Å². The molecule has 3 rings (SSSR count). The fourth-order valence-corrected chi connectivity index (χ4v) is 2.13. The van der Waals surface area contributed by atoms with Crippen LogP contribution in [0.25, 0.3) is 5.65 Å². The summed E-state index contributed by atoms with van der Waals surface area (Å²) in [6.45, 7) is 4.53. The molecule has 0 spiro atoms. The van der Waals surface area contributed by atoms with E-state index in [-0.39, 0.29) is 5.91 Å². The van der Waals surface area contributed by atoms with E-state index in [1.807, 2.05) is 23.6 Å². The summed E-state index contributed by atoms with van der Waals surface area (Å²) in [5.74, 6) is 0.926. The largest absolute Gasteiger partial charge is 0.340 e. The van der Waals surface area contributed by atoms with Crippen molar-refractivity contribution >= 4 is 11.6 Å². The van der Waals surface area contributed by atoms with E-state index in [9.17, 15) is 4.79 Å². The van der Waals surface area contributed by atoms with Gasteiger partial charge in [0.1, 0.15) is 5.65 Å². The average Bonchev–Trinajstić information content (AvgIpc) is 3.11. The standard InChI is InChI=1S/C14H15N5O2/c1-3-18(9-12-16-10(2)21-17-12)14(20)11-4-5-13-15-6-7-19(13)8-11/h4-8H,3,9H2,1-2H3. The Kier molecular flexibility index (Phi) is 3.39. The normalized spacial score (nSPS) is 11.0. The maximum absolute atomic E-state index is 12.6. The molecule has 3 heterocycles. The van der Waals surface area contributed by atoms with Crippen molar-refractivity contribution in [3.8, 4) is 0 Å². The Morgan fingerprint density at radius 1 is 1.43 bits per heavy atom. The molecule has 0 bridgehead atoms. The zero-order valence-electron chi connectivity index (χ0n) is 11.9. The van der Waals surface area contributed by atoms with Crippen LogP contribution in [-0.2, 0) is 6.54 Å². The lowest BCUT2D eigenvalue weighted by molar-refractivity contribution is 0.0747. The number of carbonyl (C=O) groups is 1. The van der Waals surface area contributed by atoms with Crippen LogP contribution in [-0.4, -0.2) is 36.9 Å². The fraction of sp³-hybridized carbons (Fsp3) is 0.286. The van der Waals surface area contributed by atoms with Gasteiger partial charge in [-0.25, -0.2) is 4.98 Å². The number of aryl methyl sites for hydroxylation is 1. The summed E-state index contributed by atoms with van der Waals surface area (Å²) in [6, 6.07) is 3.59. The lowest BCUT2D eigenvalue weighted by atomic mass is 10.2. The van der Waals surface area contributed by atoms with E-state index in [2.05, 4.69) is 15.1 Å². The highest BCUT2D eigenvalue weighted by Gasteiger charge is 2.17. The highest BCUT2D eigenvalue weighted by Crippen LogP contribution is 2.10. The average molecular weight is 285 g/mol. The molecule has 3 aromatic heterocycles. The van der Waals surface area contributed by atoms with Gasteiger partial charge >= 0.3 is 0 Å². The Balaban J connectivity index is 1.83. The number of imidazole rings is 1. The zero-order chi connectivity index (χ0) is 14.8. The molecule has 0 radical (unpaired) electrons. The number of aromatic nitrogens is 4. The number of carbonyl (C=O) groups excluding carboxylic acids is 1. The first-order valence-electron chi connectivity index (χ1n) is 6.68. The first-order valence-corrected chi connectivity index (χ1v) is 6.68. The van der Waals surface area contributed by atoms with Crippen molar-refractivity contribution < 1.29 is 9.32 Å². The molecule has 108 valence electrons. The second-order valence-corrected chi connectivity index (χ2v) is 4.66. The number of hydrogen-bond acceptors (Lipinski definition) is 5. The Bertz CT molecular complexity index is 776. The smallest absolute Gasteiger partial charge is 0.255 e. The molecule has 0 unspecified atom stereocenters. The lowest BCUT2D eigenvalue weighted by Gasteiger charge is -2.19. The Morgan fingerprint density at radius 2 is 2.29 bits per heavy atom. The summed E-state index contributed by atoms with van der Waals surface area (Å²) < 4.78 is 6.75. The molecule has 0 saturated heterocycles. The monoisotopic (exact) mass is 285 g/mol. The van der Waals surface area contributed by atoms with E-state index in [1.165, 1.54) is 0 Å². The number of pyridine rings is 1. The van der Waals surface area contributed by atoms with Gasteiger partial charge in [0.15, 0.2) is 5.82 Å². The predicted octanol–water partition coefficient (Wildman–Crippen LogP) is 1.69. The maximum atomic E-state index is 12.6. The zero-order valence-corrected chi connectivity index (χ0v) is 11.9. The van der Waals surface area contributed by atoms with Crippen molar-refractivity contribution in [2.45, 2.75) is 20.4 Å². The minimum Gasteiger partial charge on any atom is -0.340 e. The molecule has 0 saturated carbocycles. The third kappa shape index (κ3) is 2.62. The highest BCUT2D eigenvalue weighted by molar-refractivity contribution is 5.94. The summed E-state index contributed by atoms with van der Waals surface area (Å²) in [4.78, 5) is 22.5. The van der Waals surface area contributed by atoms with Crippen LogP contribution in [0.1, 0.15) is 29.0 Å². The van der Waals surface area contributed by atoms with Gasteiger partial charge in [-0.05, 0) is 19.1 Å². The molecule has 0 N–H and O–H groups in total. The van der Waals surface area contributed by atoms with Gasteiger partial charge in [0.25, 0.3) is 5.91 Å². The Hall–Kier alpha value is -2.70. The van der Waals surface area contributed by atoms with Crippen LogP contribution in [0.15, 0.2) is 35.2 Å². The number of amides is 1. The molecular formula is C14H15N5O2. The molecule has 7 heteroatoms. The minimum absolute atomic E-state index is 0.0736.